The molecule has 3 fully saturated rings. The number of fused-ring (bicyclic) bond motifs is 1. The number of aromatic nitrogens is 2. The van der Waals surface area contributed by atoms with Crippen molar-refractivity contribution >= 4 is 23.3 Å². The van der Waals surface area contributed by atoms with Gasteiger partial charge >= 0.3 is 12.2 Å². The standard InChI is InChI=1S/C27H35F3N6O2/c1-18(37)33(3)24-13-31-36(17-24)26(38)35-15-20-10-23(11-21(20)16-35)32(2)14-19-6-7-22(34-8-4-5-9-34)12-25(19)27(28,29)30/h6-7,12-13,17,20-21,23H,4-5,8-11,14-16H2,1-3H3/t20-,21+,23+. The third-order valence-electron chi connectivity index (χ3n) is 8.53. The molecule has 2 aromatic rings. The van der Waals surface area contributed by atoms with Crippen LogP contribution in [-0.4, -0.2) is 77.8 Å². The van der Waals surface area contributed by atoms with Gasteiger partial charge in [-0.05, 0) is 62.3 Å². The molecule has 1 aromatic heterocycles. The van der Waals surface area contributed by atoms with Crippen LogP contribution >= 0.6 is 0 Å². The smallest absolute Gasteiger partial charge is 0.372 e. The van der Waals surface area contributed by atoms with Crippen molar-refractivity contribution in [1.29, 1.82) is 0 Å². The molecule has 0 spiro atoms. The maximum Gasteiger partial charge on any atom is 0.416 e. The average molecular weight is 533 g/mol. The fourth-order valence-electron chi connectivity index (χ4n) is 6.24. The van der Waals surface area contributed by atoms with Crippen LogP contribution in [0.4, 0.5) is 29.3 Å². The lowest BCUT2D eigenvalue weighted by Crippen LogP contribution is -2.36. The van der Waals surface area contributed by atoms with E-state index in [2.05, 4.69) is 5.10 Å². The minimum absolute atomic E-state index is 0.146. The van der Waals surface area contributed by atoms with Gasteiger partial charge in [-0.2, -0.15) is 23.0 Å². The van der Waals surface area contributed by atoms with Crippen molar-refractivity contribution in [1.82, 2.24) is 19.6 Å². The first-order valence-electron chi connectivity index (χ1n) is 13.2. The predicted octanol–water partition coefficient (Wildman–Crippen LogP) is 4.30. The summed E-state index contributed by atoms with van der Waals surface area (Å²) in [6, 6.07) is 4.73. The Morgan fingerprint density at radius 2 is 1.74 bits per heavy atom. The number of carbonyl (C=O) groups is 2. The first-order chi connectivity index (χ1) is 18.0. The molecule has 2 aliphatic heterocycles. The van der Waals surface area contributed by atoms with Crippen LogP contribution in [0.15, 0.2) is 30.6 Å². The molecular weight excluding hydrogens is 497 g/mol. The third kappa shape index (κ3) is 5.25. The highest BCUT2D eigenvalue weighted by atomic mass is 19.4. The topological polar surface area (TPSA) is 64.9 Å². The number of alkyl halides is 3. The highest BCUT2D eigenvalue weighted by Gasteiger charge is 2.44. The molecule has 1 aromatic carbocycles. The van der Waals surface area contributed by atoms with Crippen LogP contribution in [0.5, 0.6) is 0 Å². The van der Waals surface area contributed by atoms with Gasteiger partial charge in [0.1, 0.15) is 0 Å². The van der Waals surface area contributed by atoms with Crippen LogP contribution < -0.4 is 9.80 Å². The number of nitrogens with zero attached hydrogens (tertiary/aromatic N) is 6. The van der Waals surface area contributed by atoms with E-state index in [1.54, 1.807) is 24.2 Å². The number of likely N-dealkylation sites (tertiary alicyclic amines) is 1. The lowest BCUT2D eigenvalue weighted by Gasteiger charge is -2.28. The van der Waals surface area contributed by atoms with Crippen LogP contribution in [0.1, 0.15) is 43.7 Å². The quantitative estimate of drug-likeness (QED) is 0.575. The number of halogens is 3. The molecule has 2 amide bonds. The van der Waals surface area contributed by atoms with Crippen molar-refractivity contribution in [2.45, 2.75) is 51.4 Å². The molecule has 0 unspecified atom stereocenters. The van der Waals surface area contributed by atoms with Gasteiger partial charge in [-0.3, -0.25) is 9.69 Å². The Morgan fingerprint density at radius 1 is 1.08 bits per heavy atom. The Morgan fingerprint density at radius 3 is 2.34 bits per heavy atom. The second-order valence-electron chi connectivity index (χ2n) is 11.0. The molecule has 0 radical (unpaired) electrons. The summed E-state index contributed by atoms with van der Waals surface area (Å²) in [4.78, 5) is 31.9. The van der Waals surface area contributed by atoms with Crippen molar-refractivity contribution in [3.63, 3.8) is 0 Å². The predicted molar refractivity (Wildman–Crippen MR) is 138 cm³/mol. The van der Waals surface area contributed by atoms with Crippen molar-refractivity contribution < 1.29 is 22.8 Å². The number of benzene rings is 1. The molecular formula is C27H35F3N6O2. The number of anilines is 2. The average Bonchev–Trinajstić information content (AvgIpc) is 3.66. The second-order valence-corrected chi connectivity index (χ2v) is 11.0. The van der Waals surface area contributed by atoms with Gasteiger partial charge in [-0.15, -0.1) is 0 Å². The van der Waals surface area contributed by atoms with E-state index in [4.69, 9.17) is 0 Å². The zero-order valence-corrected chi connectivity index (χ0v) is 22.1. The van der Waals surface area contributed by atoms with Gasteiger partial charge in [0, 0.05) is 58.4 Å². The van der Waals surface area contributed by atoms with Crippen molar-refractivity contribution in [2.24, 2.45) is 11.8 Å². The first-order valence-corrected chi connectivity index (χ1v) is 13.2. The summed E-state index contributed by atoms with van der Waals surface area (Å²) in [7, 11) is 3.53. The third-order valence-corrected chi connectivity index (χ3v) is 8.53. The van der Waals surface area contributed by atoms with E-state index in [1.807, 2.05) is 22.9 Å². The summed E-state index contributed by atoms with van der Waals surface area (Å²) in [6.45, 7) is 4.49. The largest absolute Gasteiger partial charge is 0.416 e. The van der Waals surface area contributed by atoms with E-state index < -0.39 is 11.7 Å². The van der Waals surface area contributed by atoms with Gasteiger partial charge in [-0.1, -0.05) is 6.07 Å². The van der Waals surface area contributed by atoms with Crippen molar-refractivity contribution in [3.8, 4) is 0 Å². The summed E-state index contributed by atoms with van der Waals surface area (Å²) in [5, 5.41) is 4.14. The van der Waals surface area contributed by atoms with E-state index in [1.165, 1.54) is 28.8 Å². The number of carbonyl (C=O) groups excluding carboxylic acids is 2. The molecule has 206 valence electrons. The number of amides is 2. The molecule has 11 heteroatoms. The lowest BCUT2D eigenvalue weighted by atomic mass is 10.0. The van der Waals surface area contributed by atoms with Crippen LogP contribution in [0.25, 0.3) is 0 Å². The van der Waals surface area contributed by atoms with Crippen LogP contribution in [-0.2, 0) is 17.5 Å². The van der Waals surface area contributed by atoms with Crippen molar-refractivity contribution in [3.05, 3.63) is 41.7 Å². The SMILES string of the molecule is CC(=O)N(C)c1cnn(C(=O)N2C[C@H]3C[C@H](N(C)Cc4ccc(N5CCCC5)cc4C(F)(F)F)C[C@H]3C2)c1. The Balaban J connectivity index is 1.20. The van der Waals surface area contributed by atoms with Gasteiger partial charge in [0.05, 0.1) is 23.6 Å². The number of rotatable bonds is 5. The molecule has 0 N–H and O–H groups in total. The van der Waals surface area contributed by atoms with Gasteiger partial charge in [0.2, 0.25) is 5.91 Å². The van der Waals surface area contributed by atoms with E-state index >= 15 is 0 Å². The van der Waals surface area contributed by atoms with E-state index in [9.17, 15) is 22.8 Å². The molecule has 3 aliphatic rings. The maximum atomic E-state index is 14.0. The highest BCUT2D eigenvalue weighted by Crippen LogP contribution is 2.41. The molecule has 2 saturated heterocycles. The minimum atomic E-state index is -4.40. The summed E-state index contributed by atoms with van der Waals surface area (Å²) in [6.07, 6.45) is 2.36. The summed E-state index contributed by atoms with van der Waals surface area (Å²) in [5.41, 5.74) is 0.969. The Hall–Kier alpha value is -3.08. The molecule has 38 heavy (non-hydrogen) atoms. The zero-order valence-electron chi connectivity index (χ0n) is 22.1. The molecule has 0 bridgehead atoms. The Labute approximate surface area is 221 Å². The van der Waals surface area contributed by atoms with E-state index in [0.717, 1.165) is 38.8 Å². The molecule has 5 rings (SSSR count). The molecule has 3 atom stereocenters. The number of hydrogen-bond acceptors (Lipinski definition) is 5. The van der Waals surface area contributed by atoms with Gasteiger partial charge < -0.3 is 14.7 Å². The molecule has 3 heterocycles. The first kappa shape index (κ1) is 26.5. The highest BCUT2D eigenvalue weighted by molar-refractivity contribution is 5.91. The Kier molecular flexibility index (Phi) is 7.15. The number of hydrogen-bond donors (Lipinski definition) is 0. The normalized spacial score (nSPS) is 23.4. The van der Waals surface area contributed by atoms with Gasteiger partial charge in [0.15, 0.2) is 0 Å². The summed E-state index contributed by atoms with van der Waals surface area (Å²) >= 11 is 0. The minimum Gasteiger partial charge on any atom is -0.372 e. The van der Waals surface area contributed by atoms with E-state index in [-0.39, 0.29) is 24.5 Å². The molecule has 1 aliphatic carbocycles. The van der Waals surface area contributed by atoms with Crippen molar-refractivity contribution in [2.75, 3.05) is 50.1 Å². The lowest BCUT2D eigenvalue weighted by molar-refractivity contribution is -0.138. The summed E-state index contributed by atoms with van der Waals surface area (Å²) in [5.74, 6) is 0.467. The monoisotopic (exact) mass is 532 g/mol. The van der Waals surface area contributed by atoms with E-state index in [0.29, 0.717) is 41.9 Å². The fourth-order valence-corrected chi connectivity index (χ4v) is 6.24. The van der Waals surface area contributed by atoms with Gasteiger partial charge in [-0.25, -0.2) is 4.79 Å². The van der Waals surface area contributed by atoms with Crippen LogP contribution in [0.3, 0.4) is 0 Å². The fraction of sp³-hybridized carbons (Fsp3) is 0.593. The second kappa shape index (κ2) is 10.2. The van der Waals surface area contributed by atoms with Crippen LogP contribution in [0, 0.1) is 11.8 Å². The molecule has 1 saturated carbocycles. The summed E-state index contributed by atoms with van der Waals surface area (Å²) < 4.78 is 43.2. The zero-order chi connectivity index (χ0) is 27.2. The Bertz CT molecular complexity index is 1180. The maximum absolute atomic E-state index is 14.0. The molecule has 8 nitrogen and oxygen atoms in total. The van der Waals surface area contributed by atoms with Crippen LogP contribution in [0.2, 0.25) is 0 Å². The van der Waals surface area contributed by atoms with Gasteiger partial charge in [0.25, 0.3) is 0 Å².